The van der Waals surface area contributed by atoms with E-state index >= 15 is 0 Å². The van der Waals surface area contributed by atoms with E-state index in [1.165, 1.54) is 11.1 Å². The van der Waals surface area contributed by atoms with E-state index < -0.39 is 0 Å². The molecule has 2 rings (SSSR count). The Morgan fingerprint density at radius 1 is 1.00 bits per heavy atom. The zero-order valence-corrected chi connectivity index (χ0v) is 11.4. The summed E-state index contributed by atoms with van der Waals surface area (Å²) < 4.78 is 1.16. The summed E-state index contributed by atoms with van der Waals surface area (Å²) >= 11 is 3.61. The first kappa shape index (κ1) is 12.3. The van der Waals surface area contributed by atoms with Crippen molar-refractivity contribution in [3.8, 4) is 0 Å². The lowest BCUT2D eigenvalue weighted by molar-refractivity contribution is 0.590. The number of hydrogen-bond acceptors (Lipinski definition) is 1. The Morgan fingerprint density at radius 3 is 2.29 bits per heavy atom. The minimum Gasteiger partial charge on any atom is -0.313 e. The van der Waals surface area contributed by atoms with Gasteiger partial charge < -0.3 is 5.32 Å². The Balaban J connectivity index is 2.21. The van der Waals surface area contributed by atoms with Gasteiger partial charge in [0.05, 0.1) is 0 Å². The lowest BCUT2D eigenvalue weighted by atomic mass is 9.99. The van der Waals surface area contributed by atoms with Gasteiger partial charge in [-0.1, -0.05) is 64.5 Å². The number of halogens is 1. The van der Waals surface area contributed by atoms with Crippen molar-refractivity contribution in [3.63, 3.8) is 0 Å². The smallest absolute Gasteiger partial charge is 0.0369 e. The molecule has 0 bridgehead atoms. The standard InChI is InChI=1S/C15H16BrN/c1-17-15(11-12-7-3-2-4-8-12)13-9-5-6-10-14(13)16/h2-10,15,17H,11H2,1H3. The number of rotatable bonds is 4. The second kappa shape index (κ2) is 5.99. The van der Waals surface area contributed by atoms with E-state index in [4.69, 9.17) is 0 Å². The first-order valence-corrected chi connectivity index (χ1v) is 6.56. The van der Waals surface area contributed by atoms with Crippen LogP contribution in [-0.4, -0.2) is 7.05 Å². The molecule has 0 spiro atoms. The Hall–Kier alpha value is -1.12. The molecule has 2 heteroatoms. The maximum atomic E-state index is 3.61. The summed E-state index contributed by atoms with van der Waals surface area (Å²) in [6, 6.07) is 19.3. The van der Waals surface area contributed by atoms with Crippen LogP contribution in [0.5, 0.6) is 0 Å². The Labute approximate surface area is 111 Å². The third-order valence-electron chi connectivity index (χ3n) is 2.91. The zero-order valence-electron chi connectivity index (χ0n) is 9.86. The van der Waals surface area contributed by atoms with Crippen molar-refractivity contribution in [3.05, 3.63) is 70.2 Å². The first-order chi connectivity index (χ1) is 8.31. The van der Waals surface area contributed by atoms with Crippen molar-refractivity contribution < 1.29 is 0 Å². The van der Waals surface area contributed by atoms with Crippen molar-refractivity contribution >= 4 is 15.9 Å². The number of likely N-dealkylation sites (N-methyl/N-ethyl adjacent to an activating group) is 1. The monoisotopic (exact) mass is 289 g/mol. The van der Waals surface area contributed by atoms with Gasteiger partial charge in [-0.15, -0.1) is 0 Å². The summed E-state index contributed by atoms with van der Waals surface area (Å²) in [4.78, 5) is 0. The van der Waals surface area contributed by atoms with E-state index in [0.717, 1.165) is 10.9 Å². The third kappa shape index (κ3) is 3.18. The van der Waals surface area contributed by atoms with E-state index in [1.54, 1.807) is 0 Å². The van der Waals surface area contributed by atoms with Crippen LogP contribution in [0, 0.1) is 0 Å². The minimum absolute atomic E-state index is 0.341. The van der Waals surface area contributed by atoms with Crippen LogP contribution in [0.25, 0.3) is 0 Å². The van der Waals surface area contributed by atoms with E-state index in [0.29, 0.717) is 6.04 Å². The Bertz CT molecular complexity index is 467. The van der Waals surface area contributed by atoms with E-state index in [2.05, 4.69) is 69.8 Å². The second-order valence-corrected chi connectivity index (χ2v) is 4.91. The van der Waals surface area contributed by atoms with E-state index in [1.807, 2.05) is 13.1 Å². The Morgan fingerprint density at radius 2 is 1.65 bits per heavy atom. The maximum Gasteiger partial charge on any atom is 0.0369 e. The molecule has 0 aliphatic carbocycles. The van der Waals surface area contributed by atoms with Crippen LogP contribution in [0.3, 0.4) is 0 Å². The molecule has 0 aromatic heterocycles. The van der Waals surface area contributed by atoms with Gasteiger partial charge in [0, 0.05) is 10.5 Å². The molecule has 2 aromatic carbocycles. The molecule has 0 amide bonds. The van der Waals surface area contributed by atoms with Gasteiger partial charge in [-0.3, -0.25) is 0 Å². The fourth-order valence-corrected chi connectivity index (χ4v) is 2.54. The molecule has 0 saturated carbocycles. The molecule has 0 saturated heterocycles. The quantitative estimate of drug-likeness (QED) is 0.899. The van der Waals surface area contributed by atoms with Gasteiger partial charge in [-0.25, -0.2) is 0 Å². The molecule has 0 aliphatic heterocycles. The highest BCUT2D eigenvalue weighted by atomic mass is 79.9. The minimum atomic E-state index is 0.341. The highest BCUT2D eigenvalue weighted by Crippen LogP contribution is 2.25. The van der Waals surface area contributed by atoms with Crippen LogP contribution in [0.4, 0.5) is 0 Å². The van der Waals surface area contributed by atoms with E-state index in [9.17, 15) is 0 Å². The predicted octanol–water partition coefficient (Wildman–Crippen LogP) is 3.95. The average molecular weight is 290 g/mol. The summed E-state index contributed by atoms with van der Waals surface area (Å²) in [5.74, 6) is 0. The highest BCUT2D eigenvalue weighted by Gasteiger charge is 2.12. The van der Waals surface area contributed by atoms with Crippen molar-refractivity contribution in [1.29, 1.82) is 0 Å². The molecule has 0 radical (unpaired) electrons. The van der Waals surface area contributed by atoms with Gasteiger partial charge in [0.1, 0.15) is 0 Å². The van der Waals surface area contributed by atoms with Crippen LogP contribution in [-0.2, 0) is 6.42 Å². The first-order valence-electron chi connectivity index (χ1n) is 5.77. The van der Waals surface area contributed by atoms with Crippen molar-refractivity contribution in [1.82, 2.24) is 5.32 Å². The molecule has 0 fully saturated rings. The van der Waals surface area contributed by atoms with Gasteiger partial charge in [0.15, 0.2) is 0 Å². The fourth-order valence-electron chi connectivity index (χ4n) is 1.98. The predicted molar refractivity (Wildman–Crippen MR) is 76.1 cm³/mol. The summed E-state index contributed by atoms with van der Waals surface area (Å²) in [5.41, 5.74) is 2.65. The topological polar surface area (TPSA) is 12.0 Å². The second-order valence-electron chi connectivity index (χ2n) is 4.05. The molecular weight excluding hydrogens is 274 g/mol. The molecule has 0 aliphatic rings. The SMILES string of the molecule is CNC(Cc1ccccc1)c1ccccc1Br. The van der Waals surface area contributed by atoms with Crippen molar-refractivity contribution in [2.24, 2.45) is 0 Å². The maximum absolute atomic E-state index is 3.61. The van der Waals surface area contributed by atoms with Gasteiger partial charge >= 0.3 is 0 Å². The van der Waals surface area contributed by atoms with Crippen LogP contribution < -0.4 is 5.32 Å². The van der Waals surface area contributed by atoms with Gasteiger partial charge in [-0.2, -0.15) is 0 Å². The number of nitrogens with one attached hydrogen (secondary N) is 1. The van der Waals surface area contributed by atoms with Gasteiger partial charge in [0.2, 0.25) is 0 Å². The molecular formula is C15H16BrN. The van der Waals surface area contributed by atoms with Crippen LogP contribution in [0.2, 0.25) is 0 Å². The fraction of sp³-hybridized carbons (Fsp3) is 0.200. The lowest BCUT2D eigenvalue weighted by Gasteiger charge is -2.18. The molecule has 2 aromatic rings. The Kier molecular flexibility index (Phi) is 4.35. The average Bonchev–Trinajstić information content (AvgIpc) is 2.38. The van der Waals surface area contributed by atoms with Gasteiger partial charge in [0.25, 0.3) is 0 Å². The summed E-state index contributed by atoms with van der Waals surface area (Å²) in [5, 5.41) is 3.38. The third-order valence-corrected chi connectivity index (χ3v) is 3.63. The summed E-state index contributed by atoms with van der Waals surface area (Å²) in [6.07, 6.45) is 1.000. The van der Waals surface area contributed by atoms with E-state index in [-0.39, 0.29) is 0 Å². The van der Waals surface area contributed by atoms with Crippen LogP contribution in [0.1, 0.15) is 17.2 Å². The summed E-state index contributed by atoms with van der Waals surface area (Å²) in [7, 11) is 2.01. The normalized spacial score (nSPS) is 12.4. The molecule has 1 nitrogen and oxygen atoms in total. The number of benzene rings is 2. The molecule has 88 valence electrons. The molecule has 1 N–H and O–H groups in total. The zero-order chi connectivity index (χ0) is 12.1. The van der Waals surface area contributed by atoms with Crippen molar-refractivity contribution in [2.45, 2.75) is 12.5 Å². The molecule has 17 heavy (non-hydrogen) atoms. The largest absolute Gasteiger partial charge is 0.313 e. The van der Waals surface area contributed by atoms with Crippen LogP contribution >= 0.6 is 15.9 Å². The number of hydrogen-bond donors (Lipinski definition) is 1. The molecule has 1 atom stereocenters. The molecule has 1 unspecified atom stereocenters. The van der Waals surface area contributed by atoms with Crippen molar-refractivity contribution in [2.75, 3.05) is 7.05 Å². The molecule has 0 heterocycles. The van der Waals surface area contributed by atoms with Crippen LogP contribution in [0.15, 0.2) is 59.1 Å². The lowest BCUT2D eigenvalue weighted by Crippen LogP contribution is -2.19. The van der Waals surface area contributed by atoms with Gasteiger partial charge in [-0.05, 0) is 30.7 Å². The highest BCUT2D eigenvalue weighted by molar-refractivity contribution is 9.10. The summed E-state index contributed by atoms with van der Waals surface area (Å²) in [6.45, 7) is 0.